The Labute approximate surface area is 179 Å². The molecule has 0 unspecified atom stereocenters. The maximum Gasteiger partial charge on any atom is 0.276 e. The summed E-state index contributed by atoms with van der Waals surface area (Å²) < 4.78 is 3.69. The summed E-state index contributed by atoms with van der Waals surface area (Å²) in [5, 5.41) is 2.05. The lowest BCUT2D eigenvalue weighted by molar-refractivity contribution is 0.242. The predicted molar refractivity (Wildman–Crippen MR) is 119 cm³/mol. The molecule has 0 spiro atoms. The van der Waals surface area contributed by atoms with Crippen molar-refractivity contribution in [3.05, 3.63) is 86.9 Å². The molecule has 30 heavy (non-hydrogen) atoms. The van der Waals surface area contributed by atoms with Gasteiger partial charge in [0.15, 0.2) is 5.82 Å². The maximum absolute atomic E-state index is 13.2. The summed E-state index contributed by atoms with van der Waals surface area (Å²) in [6.07, 6.45) is 2.82. The van der Waals surface area contributed by atoms with Gasteiger partial charge in [0, 0.05) is 50.6 Å². The van der Waals surface area contributed by atoms with Gasteiger partial charge >= 0.3 is 0 Å². The minimum atomic E-state index is 0.0521. The second-order valence-corrected chi connectivity index (χ2v) is 8.59. The standard InChI is InChI=1S/C23H23N5OS/c1-16-19(23(29)28(26(16)2)18-7-4-3-5-8-18)15-27-11-10-20-17(14-27)13-24-22(25-20)21-9-6-12-30-21/h3-9,12-13H,10-11,14-15H2,1-2H3. The Morgan fingerprint density at radius 1 is 1.13 bits per heavy atom. The van der Waals surface area contributed by atoms with Gasteiger partial charge in [-0.05, 0) is 30.5 Å². The molecule has 4 heterocycles. The molecule has 0 amide bonds. The van der Waals surface area contributed by atoms with Crippen LogP contribution in [-0.2, 0) is 26.6 Å². The molecule has 0 aliphatic carbocycles. The minimum Gasteiger partial charge on any atom is -0.294 e. The molecule has 0 N–H and O–H groups in total. The monoisotopic (exact) mass is 417 g/mol. The van der Waals surface area contributed by atoms with E-state index in [2.05, 4.69) is 16.0 Å². The number of hydrogen-bond donors (Lipinski definition) is 0. The fourth-order valence-electron chi connectivity index (χ4n) is 4.06. The number of para-hydroxylation sites is 1. The Balaban J connectivity index is 1.40. The molecule has 4 aromatic rings. The number of nitrogens with zero attached hydrogens (tertiary/aromatic N) is 5. The first-order valence-corrected chi connectivity index (χ1v) is 10.9. The quantitative estimate of drug-likeness (QED) is 0.510. The van der Waals surface area contributed by atoms with Crippen LogP contribution in [0.15, 0.2) is 58.8 Å². The number of hydrogen-bond acceptors (Lipinski definition) is 5. The molecule has 0 saturated heterocycles. The summed E-state index contributed by atoms with van der Waals surface area (Å²) in [5.41, 5.74) is 5.06. The maximum atomic E-state index is 13.2. The Morgan fingerprint density at radius 3 is 2.73 bits per heavy atom. The molecular formula is C23H23N5OS. The molecule has 0 fully saturated rings. The smallest absolute Gasteiger partial charge is 0.276 e. The lowest BCUT2D eigenvalue weighted by atomic mass is 10.1. The van der Waals surface area contributed by atoms with E-state index in [0.717, 1.165) is 58.4 Å². The number of rotatable bonds is 4. The molecule has 1 aliphatic heterocycles. The zero-order valence-corrected chi connectivity index (χ0v) is 17.9. The zero-order chi connectivity index (χ0) is 20.7. The van der Waals surface area contributed by atoms with E-state index in [1.165, 1.54) is 0 Å². The average molecular weight is 418 g/mol. The van der Waals surface area contributed by atoms with Crippen LogP contribution in [0.2, 0.25) is 0 Å². The van der Waals surface area contributed by atoms with Crippen molar-refractivity contribution in [3.63, 3.8) is 0 Å². The third-order valence-electron chi connectivity index (χ3n) is 5.81. The van der Waals surface area contributed by atoms with Crippen molar-refractivity contribution >= 4 is 11.3 Å². The second kappa shape index (κ2) is 7.66. The highest BCUT2D eigenvalue weighted by Crippen LogP contribution is 2.25. The van der Waals surface area contributed by atoms with Gasteiger partial charge in [0.1, 0.15) is 0 Å². The normalized spacial score (nSPS) is 14.1. The molecule has 0 atom stereocenters. The molecule has 1 aromatic carbocycles. The van der Waals surface area contributed by atoms with Crippen molar-refractivity contribution in [1.82, 2.24) is 24.2 Å². The molecule has 7 heteroatoms. The van der Waals surface area contributed by atoms with Gasteiger partial charge in [-0.15, -0.1) is 11.3 Å². The molecule has 5 rings (SSSR count). The number of aromatic nitrogens is 4. The van der Waals surface area contributed by atoms with Crippen molar-refractivity contribution in [2.24, 2.45) is 7.05 Å². The van der Waals surface area contributed by atoms with Gasteiger partial charge in [0.05, 0.1) is 21.8 Å². The van der Waals surface area contributed by atoms with Crippen LogP contribution in [0.4, 0.5) is 0 Å². The highest BCUT2D eigenvalue weighted by Gasteiger charge is 2.23. The fraction of sp³-hybridized carbons (Fsp3) is 0.261. The first kappa shape index (κ1) is 19.0. The highest BCUT2D eigenvalue weighted by atomic mass is 32.1. The Morgan fingerprint density at radius 2 is 1.97 bits per heavy atom. The van der Waals surface area contributed by atoms with Crippen molar-refractivity contribution in [2.75, 3.05) is 6.54 Å². The Kier molecular flexibility index (Phi) is 4.84. The van der Waals surface area contributed by atoms with E-state index in [-0.39, 0.29) is 5.56 Å². The zero-order valence-electron chi connectivity index (χ0n) is 17.1. The molecule has 0 radical (unpaired) electrons. The van der Waals surface area contributed by atoms with Crippen LogP contribution >= 0.6 is 11.3 Å². The summed E-state index contributed by atoms with van der Waals surface area (Å²) in [6, 6.07) is 13.9. The molecule has 6 nitrogen and oxygen atoms in total. The van der Waals surface area contributed by atoms with Crippen LogP contribution < -0.4 is 5.56 Å². The average Bonchev–Trinajstić information content (AvgIpc) is 3.38. The van der Waals surface area contributed by atoms with Crippen molar-refractivity contribution in [2.45, 2.75) is 26.4 Å². The van der Waals surface area contributed by atoms with E-state index in [4.69, 9.17) is 4.98 Å². The SMILES string of the molecule is Cc1c(CN2CCc3nc(-c4cccs4)ncc3C2)c(=O)n(-c2ccccc2)n1C. The Hall–Kier alpha value is -3.03. The molecule has 152 valence electrons. The molecule has 0 bridgehead atoms. The molecular weight excluding hydrogens is 394 g/mol. The van der Waals surface area contributed by atoms with Crippen molar-refractivity contribution in [1.29, 1.82) is 0 Å². The van der Waals surface area contributed by atoms with Crippen molar-refractivity contribution < 1.29 is 0 Å². The molecule has 1 aliphatic rings. The van der Waals surface area contributed by atoms with Crippen LogP contribution in [0.3, 0.4) is 0 Å². The summed E-state index contributed by atoms with van der Waals surface area (Å²) in [7, 11) is 1.94. The van der Waals surface area contributed by atoms with Crippen molar-refractivity contribution in [3.8, 4) is 16.4 Å². The first-order valence-electron chi connectivity index (χ1n) is 10.1. The summed E-state index contributed by atoms with van der Waals surface area (Å²) in [4.78, 5) is 26.0. The molecule has 3 aromatic heterocycles. The van der Waals surface area contributed by atoms with Crippen LogP contribution in [0, 0.1) is 6.92 Å². The second-order valence-electron chi connectivity index (χ2n) is 7.64. The predicted octanol–water partition coefficient (Wildman–Crippen LogP) is 3.56. The topological polar surface area (TPSA) is 56.0 Å². The van der Waals surface area contributed by atoms with E-state index in [0.29, 0.717) is 6.54 Å². The lowest BCUT2D eigenvalue weighted by Gasteiger charge is -2.27. The van der Waals surface area contributed by atoms with Gasteiger partial charge in [0.25, 0.3) is 5.56 Å². The van der Waals surface area contributed by atoms with Crippen LogP contribution in [0.5, 0.6) is 0 Å². The van der Waals surface area contributed by atoms with Gasteiger partial charge in [0.2, 0.25) is 0 Å². The highest BCUT2D eigenvalue weighted by molar-refractivity contribution is 7.13. The number of fused-ring (bicyclic) bond motifs is 1. The molecule has 0 saturated carbocycles. The van der Waals surface area contributed by atoms with Gasteiger partial charge in [-0.1, -0.05) is 24.3 Å². The van der Waals surface area contributed by atoms with Gasteiger partial charge in [-0.2, -0.15) is 0 Å². The lowest BCUT2D eigenvalue weighted by Crippen LogP contribution is -2.33. The van der Waals surface area contributed by atoms with Gasteiger partial charge < -0.3 is 0 Å². The largest absolute Gasteiger partial charge is 0.294 e. The summed E-state index contributed by atoms with van der Waals surface area (Å²) in [5.74, 6) is 0.807. The first-order chi connectivity index (χ1) is 14.6. The third-order valence-corrected chi connectivity index (χ3v) is 6.68. The van der Waals surface area contributed by atoms with Gasteiger partial charge in [-0.3, -0.25) is 14.4 Å². The third kappa shape index (κ3) is 3.30. The summed E-state index contributed by atoms with van der Waals surface area (Å²) in [6.45, 7) is 4.29. The number of thiophene rings is 1. The van der Waals surface area contributed by atoms with E-state index in [9.17, 15) is 4.79 Å². The van der Waals surface area contributed by atoms with E-state index in [1.807, 2.05) is 66.6 Å². The van der Waals surface area contributed by atoms with Crippen LogP contribution in [-0.4, -0.2) is 30.8 Å². The minimum absolute atomic E-state index is 0.0521. The summed E-state index contributed by atoms with van der Waals surface area (Å²) >= 11 is 1.66. The Bertz CT molecular complexity index is 1240. The van der Waals surface area contributed by atoms with Crippen LogP contribution in [0.1, 0.15) is 22.5 Å². The fourth-order valence-corrected chi connectivity index (χ4v) is 4.73. The van der Waals surface area contributed by atoms with E-state index < -0.39 is 0 Å². The van der Waals surface area contributed by atoms with E-state index >= 15 is 0 Å². The van der Waals surface area contributed by atoms with E-state index in [1.54, 1.807) is 16.0 Å². The van der Waals surface area contributed by atoms with Crippen LogP contribution in [0.25, 0.3) is 16.4 Å². The van der Waals surface area contributed by atoms with Gasteiger partial charge in [-0.25, -0.2) is 14.6 Å². The number of benzene rings is 1.